The molecule has 0 aliphatic heterocycles. The molecule has 25 heavy (non-hydrogen) atoms. The van der Waals surface area contributed by atoms with Gasteiger partial charge in [-0.3, -0.25) is 4.79 Å². The minimum atomic E-state index is -0.864. The Hall–Kier alpha value is -3.15. The number of allylic oxidation sites excluding steroid dienone is 2. The van der Waals surface area contributed by atoms with Gasteiger partial charge in [-0.05, 0) is 60.0 Å². The fourth-order valence-electron chi connectivity index (χ4n) is 2.12. The SMILES string of the molecule is COc1cc(/C=C/C(=O)/C=C/c2cc(C)c(O)c(F)c2)cc(F)c1O. The molecule has 0 heterocycles. The second-order valence-corrected chi connectivity index (χ2v) is 5.29. The molecule has 0 bridgehead atoms. The lowest BCUT2D eigenvalue weighted by molar-refractivity contribution is -0.110. The van der Waals surface area contributed by atoms with Gasteiger partial charge >= 0.3 is 0 Å². The third-order valence-electron chi connectivity index (χ3n) is 3.43. The smallest absolute Gasteiger partial charge is 0.194 e. The Kier molecular flexibility index (Phi) is 5.54. The van der Waals surface area contributed by atoms with Crippen LogP contribution in [0.3, 0.4) is 0 Å². The minimum absolute atomic E-state index is 0.0438. The second-order valence-electron chi connectivity index (χ2n) is 5.29. The van der Waals surface area contributed by atoms with Gasteiger partial charge in [0, 0.05) is 0 Å². The van der Waals surface area contributed by atoms with Gasteiger partial charge in [0.1, 0.15) is 0 Å². The van der Waals surface area contributed by atoms with Crippen LogP contribution in [0.5, 0.6) is 17.2 Å². The summed E-state index contributed by atoms with van der Waals surface area (Å²) >= 11 is 0. The maximum Gasteiger partial charge on any atom is 0.194 e. The van der Waals surface area contributed by atoms with Crippen LogP contribution >= 0.6 is 0 Å². The highest BCUT2D eigenvalue weighted by atomic mass is 19.1. The monoisotopic (exact) mass is 346 g/mol. The molecule has 0 amide bonds. The Bertz CT molecular complexity index is 847. The Morgan fingerprint density at radius 2 is 1.48 bits per heavy atom. The molecule has 2 rings (SSSR count). The number of aromatic hydroxyl groups is 2. The predicted molar refractivity (Wildman–Crippen MR) is 90.5 cm³/mol. The summed E-state index contributed by atoms with van der Waals surface area (Å²) in [5, 5.41) is 18.8. The van der Waals surface area contributed by atoms with Crippen molar-refractivity contribution in [3.63, 3.8) is 0 Å². The molecule has 0 fully saturated rings. The van der Waals surface area contributed by atoms with Gasteiger partial charge in [-0.25, -0.2) is 8.78 Å². The number of rotatable bonds is 5. The molecule has 0 radical (unpaired) electrons. The zero-order chi connectivity index (χ0) is 18.6. The first-order valence-corrected chi connectivity index (χ1v) is 7.27. The van der Waals surface area contributed by atoms with E-state index in [2.05, 4.69) is 0 Å². The molecule has 2 aromatic carbocycles. The van der Waals surface area contributed by atoms with E-state index in [-0.39, 0.29) is 5.75 Å². The molecule has 0 aliphatic rings. The highest BCUT2D eigenvalue weighted by molar-refractivity contribution is 6.04. The minimum Gasteiger partial charge on any atom is -0.505 e. The summed E-state index contributed by atoms with van der Waals surface area (Å²) in [4.78, 5) is 11.8. The van der Waals surface area contributed by atoms with Gasteiger partial charge in [-0.2, -0.15) is 0 Å². The van der Waals surface area contributed by atoms with Crippen molar-refractivity contribution in [2.24, 2.45) is 0 Å². The number of benzene rings is 2. The summed E-state index contributed by atoms with van der Waals surface area (Å²) in [6.45, 7) is 1.55. The van der Waals surface area contributed by atoms with Crippen LogP contribution in [0.15, 0.2) is 36.4 Å². The number of carbonyl (C=O) groups is 1. The summed E-state index contributed by atoms with van der Waals surface area (Å²) in [6, 6.07) is 5.08. The van der Waals surface area contributed by atoms with Crippen LogP contribution in [0.4, 0.5) is 8.78 Å². The van der Waals surface area contributed by atoms with E-state index >= 15 is 0 Å². The van der Waals surface area contributed by atoms with Gasteiger partial charge in [-0.1, -0.05) is 12.2 Å². The summed E-state index contributed by atoms with van der Waals surface area (Å²) in [7, 11) is 1.29. The van der Waals surface area contributed by atoms with E-state index in [0.717, 1.165) is 12.1 Å². The number of phenolic OH excluding ortho intramolecular Hbond substituents is 2. The molecule has 0 saturated heterocycles. The van der Waals surface area contributed by atoms with Crippen LogP contribution in [-0.4, -0.2) is 23.1 Å². The van der Waals surface area contributed by atoms with Crippen molar-refractivity contribution in [3.8, 4) is 17.2 Å². The topological polar surface area (TPSA) is 66.8 Å². The van der Waals surface area contributed by atoms with E-state index < -0.39 is 28.9 Å². The lowest BCUT2D eigenvalue weighted by Gasteiger charge is -2.05. The fourth-order valence-corrected chi connectivity index (χ4v) is 2.12. The standard InChI is InChI=1S/C19H16F2O4/c1-11-7-12(8-15(20)18(11)23)3-5-14(22)6-4-13-9-16(21)19(24)17(10-13)25-2/h3-10,23-24H,1-2H3/b5-3+,6-4+. The quantitative estimate of drug-likeness (QED) is 0.804. The van der Waals surface area contributed by atoms with Crippen LogP contribution in [0, 0.1) is 18.6 Å². The van der Waals surface area contributed by atoms with Gasteiger partial charge in [-0.15, -0.1) is 0 Å². The predicted octanol–water partition coefficient (Wildman–Crippen LogP) is 3.99. The van der Waals surface area contributed by atoms with Crippen molar-refractivity contribution in [3.05, 3.63) is 64.7 Å². The lowest BCUT2D eigenvalue weighted by Crippen LogP contribution is -1.90. The molecule has 0 aromatic heterocycles. The molecule has 4 nitrogen and oxygen atoms in total. The first kappa shape index (κ1) is 18.2. The summed E-state index contributed by atoms with van der Waals surface area (Å²) in [6.07, 6.45) is 5.18. The van der Waals surface area contributed by atoms with Crippen molar-refractivity contribution in [1.82, 2.24) is 0 Å². The summed E-state index contributed by atoms with van der Waals surface area (Å²) < 4.78 is 31.8. The molecule has 0 aliphatic carbocycles. The second kappa shape index (κ2) is 7.61. The molecule has 0 saturated carbocycles. The van der Waals surface area contributed by atoms with Crippen molar-refractivity contribution in [1.29, 1.82) is 0 Å². The Morgan fingerprint density at radius 1 is 0.960 bits per heavy atom. The maximum atomic E-state index is 13.5. The van der Waals surface area contributed by atoms with Gasteiger partial charge < -0.3 is 14.9 Å². The number of methoxy groups -OCH3 is 1. The zero-order valence-corrected chi connectivity index (χ0v) is 13.6. The van der Waals surface area contributed by atoms with Crippen LogP contribution < -0.4 is 4.74 Å². The zero-order valence-electron chi connectivity index (χ0n) is 13.6. The molecule has 6 heteroatoms. The first-order valence-electron chi connectivity index (χ1n) is 7.27. The van der Waals surface area contributed by atoms with Crippen LogP contribution in [0.2, 0.25) is 0 Å². The molecule has 2 N–H and O–H groups in total. The highest BCUT2D eigenvalue weighted by Gasteiger charge is 2.09. The number of phenols is 2. The van der Waals surface area contributed by atoms with E-state index in [9.17, 15) is 23.8 Å². The van der Waals surface area contributed by atoms with Gasteiger partial charge in [0.25, 0.3) is 0 Å². The first-order chi connectivity index (χ1) is 11.8. The number of halogens is 2. The number of hydrogen-bond donors (Lipinski definition) is 2. The number of carbonyl (C=O) groups excluding carboxylic acids is 1. The number of aryl methyl sites for hydroxylation is 1. The largest absolute Gasteiger partial charge is 0.505 e. The van der Waals surface area contributed by atoms with Gasteiger partial charge in [0.05, 0.1) is 7.11 Å². The summed E-state index contributed by atoms with van der Waals surface area (Å²) in [5.41, 5.74) is 1.11. The van der Waals surface area contributed by atoms with E-state index in [1.165, 1.54) is 43.5 Å². The average Bonchev–Trinajstić information content (AvgIpc) is 2.58. The molecular weight excluding hydrogens is 330 g/mol. The Balaban J connectivity index is 2.15. The fraction of sp³-hybridized carbons (Fsp3) is 0.105. The highest BCUT2D eigenvalue weighted by Crippen LogP contribution is 2.30. The molecule has 0 unspecified atom stereocenters. The normalized spacial score (nSPS) is 11.4. The lowest BCUT2D eigenvalue weighted by atomic mass is 10.1. The molecular formula is C19H16F2O4. The van der Waals surface area contributed by atoms with E-state index in [1.54, 1.807) is 6.92 Å². The van der Waals surface area contributed by atoms with Gasteiger partial charge in [0.15, 0.2) is 34.7 Å². The number of hydrogen-bond acceptors (Lipinski definition) is 4. The number of ketones is 1. The molecule has 0 spiro atoms. The van der Waals surface area contributed by atoms with Gasteiger partial charge in [0.2, 0.25) is 0 Å². The van der Waals surface area contributed by atoms with Crippen LogP contribution in [0.25, 0.3) is 12.2 Å². The van der Waals surface area contributed by atoms with E-state index in [1.807, 2.05) is 0 Å². The summed E-state index contributed by atoms with van der Waals surface area (Å²) in [5.74, 6) is -3.11. The third kappa shape index (κ3) is 4.44. The van der Waals surface area contributed by atoms with Crippen molar-refractivity contribution >= 4 is 17.9 Å². The molecule has 130 valence electrons. The van der Waals surface area contributed by atoms with Crippen LogP contribution in [-0.2, 0) is 4.79 Å². The maximum absolute atomic E-state index is 13.5. The molecule has 2 aromatic rings. The third-order valence-corrected chi connectivity index (χ3v) is 3.43. The Morgan fingerprint density at radius 3 is 2.00 bits per heavy atom. The average molecular weight is 346 g/mol. The van der Waals surface area contributed by atoms with E-state index in [0.29, 0.717) is 16.7 Å². The van der Waals surface area contributed by atoms with Crippen molar-refractivity contribution < 1.29 is 28.5 Å². The van der Waals surface area contributed by atoms with E-state index in [4.69, 9.17) is 4.74 Å². The van der Waals surface area contributed by atoms with Crippen LogP contribution in [0.1, 0.15) is 16.7 Å². The Labute approximate surface area is 143 Å². The number of ether oxygens (including phenoxy) is 1. The van der Waals surface area contributed by atoms with Crippen molar-refractivity contribution in [2.45, 2.75) is 6.92 Å². The van der Waals surface area contributed by atoms with Crippen molar-refractivity contribution in [2.75, 3.05) is 7.11 Å². The molecule has 0 atom stereocenters.